The van der Waals surface area contributed by atoms with Gasteiger partial charge in [0.2, 0.25) is 0 Å². The zero-order chi connectivity index (χ0) is 14.0. The van der Waals surface area contributed by atoms with E-state index in [0.29, 0.717) is 22.0 Å². The molecule has 2 rings (SSSR count). The summed E-state index contributed by atoms with van der Waals surface area (Å²) in [7, 11) is 0. The fraction of sp³-hybridized carbons (Fsp3) is 0. The summed E-state index contributed by atoms with van der Waals surface area (Å²) in [5.41, 5.74) is 7.12. The lowest BCUT2D eigenvalue weighted by atomic mass is 10.1. The van der Waals surface area contributed by atoms with E-state index in [-0.39, 0.29) is 5.91 Å². The van der Waals surface area contributed by atoms with E-state index in [4.69, 9.17) is 17.3 Å². The number of amides is 1. The molecule has 0 aliphatic rings. The number of halogens is 3. The van der Waals surface area contributed by atoms with Crippen LogP contribution in [0, 0.1) is 0 Å². The van der Waals surface area contributed by atoms with Crippen molar-refractivity contribution in [3.05, 3.63) is 55.9 Å². The van der Waals surface area contributed by atoms with Crippen LogP contribution in [0.5, 0.6) is 0 Å². The van der Waals surface area contributed by atoms with Crippen molar-refractivity contribution in [1.82, 2.24) is 0 Å². The van der Waals surface area contributed by atoms with E-state index >= 15 is 0 Å². The standard InChI is InChI=1S/C13H9Br2ClN2O/c14-7-2-4-11(17)9(5-7)13(19)18-12-6-8(15)1-3-10(12)16/h1-6H,17H2,(H,18,19). The fourth-order valence-corrected chi connectivity index (χ4v) is 2.40. The number of anilines is 2. The highest BCUT2D eigenvalue weighted by atomic mass is 79.9. The normalized spacial score (nSPS) is 10.3. The molecule has 2 aromatic rings. The Morgan fingerprint density at radius 2 is 1.74 bits per heavy atom. The largest absolute Gasteiger partial charge is 0.398 e. The van der Waals surface area contributed by atoms with Crippen molar-refractivity contribution in [3.8, 4) is 0 Å². The third-order valence-electron chi connectivity index (χ3n) is 2.44. The van der Waals surface area contributed by atoms with Gasteiger partial charge in [-0.25, -0.2) is 0 Å². The van der Waals surface area contributed by atoms with Gasteiger partial charge in [-0.05, 0) is 36.4 Å². The van der Waals surface area contributed by atoms with Gasteiger partial charge in [-0.2, -0.15) is 0 Å². The molecule has 1 amide bonds. The van der Waals surface area contributed by atoms with E-state index < -0.39 is 0 Å². The highest BCUT2D eigenvalue weighted by molar-refractivity contribution is 9.10. The molecule has 0 heterocycles. The quantitative estimate of drug-likeness (QED) is 0.713. The average molecular weight is 404 g/mol. The summed E-state index contributed by atoms with van der Waals surface area (Å²) >= 11 is 12.7. The molecule has 0 aliphatic heterocycles. The van der Waals surface area contributed by atoms with E-state index in [1.54, 1.807) is 36.4 Å². The summed E-state index contributed by atoms with van der Waals surface area (Å²) in [6.45, 7) is 0. The molecule has 0 fully saturated rings. The molecule has 2 aromatic carbocycles. The van der Waals surface area contributed by atoms with Crippen molar-refractivity contribution in [1.29, 1.82) is 0 Å². The minimum atomic E-state index is -0.307. The summed E-state index contributed by atoms with van der Waals surface area (Å²) < 4.78 is 1.61. The number of benzene rings is 2. The van der Waals surface area contributed by atoms with Crippen molar-refractivity contribution in [2.45, 2.75) is 0 Å². The van der Waals surface area contributed by atoms with Crippen LogP contribution in [0.15, 0.2) is 45.3 Å². The lowest BCUT2D eigenvalue weighted by Gasteiger charge is -2.09. The molecule has 0 radical (unpaired) electrons. The highest BCUT2D eigenvalue weighted by Crippen LogP contribution is 2.27. The van der Waals surface area contributed by atoms with Gasteiger partial charge < -0.3 is 11.1 Å². The smallest absolute Gasteiger partial charge is 0.257 e. The second kappa shape index (κ2) is 5.94. The maximum atomic E-state index is 12.2. The van der Waals surface area contributed by atoms with Crippen LogP contribution < -0.4 is 11.1 Å². The number of rotatable bonds is 2. The Morgan fingerprint density at radius 3 is 2.47 bits per heavy atom. The van der Waals surface area contributed by atoms with Crippen LogP contribution in [0.25, 0.3) is 0 Å². The second-order valence-corrected chi connectivity index (χ2v) is 6.05. The van der Waals surface area contributed by atoms with Crippen molar-refractivity contribution in [2.24, 2.45) is 0 Å². The Morgan fingerprint density at radius 1 is 1.11 bits per heavy atom. The Bertz CT molecular complexity index is 647. The van der Waals surface area contributed by atoms with Crippen LogP contribution in [-0.2, 0) is 0 Å². The third kappa shape index (κ3) is 3.49. The van der Waals surface area contributed by atoms with Crippen LogP contribution in [-0.4, -0.2) is 5.91 Å². The first-order chi connectivity index (χ1) is 8.97. The Hall–Kier alpha value is -1.04. The lowest BCUT2D eigenvalue weighted by molar-refractivity contribution is 0.102. The number of carbonyl (C=O) groups excluding carboxylic acids is 1. The molecular formula is C13H9Br2ClN2O. The predicted molar refractivity (Wildman–Crippen MR) is 85.7 cm³/mol. The van der Waals surface area contributed by atoms with Crippen LogP contribution in [0.4, 0.5) is 11.4 Å². The molecule has 0 bridgehead atoms. The van der Waals surface area contributed by atoms with Gasteiger partial charge in [0.25, 0.3) is 5.91 Å². The number of hydrogen-bond acceptors (Lipinski definition) is 2. The molecule has 3 nitrogen and oxygen atoms in total. The fourth-order valence-electron chi connectivity index (χ4n) is 1.51. The first-order valence-electron chi connectivity index (χ1n) is 5.29. The summed E-state index contributed by atoms with van der Waals surface area (Å²) in [6, 6.07) is 10.3. The molecule has 0 unspecified atom stereocenters. The Labute approximate surface area is 132 Å². The number of hydrogen-bond donors (Lipinski definition) is 2. The first kappa shape index (κ1) is 14.4. The molecule has 0 aliphatic carbocycles. The Kier molecular flexibility index (Phi) is 4.50. The van der Waals surface area contributed by atoms with Gasteiger partial charge in [0.1, 0.15) is 0 Å². The molecule has 0 saturated heterocycles. The maximum absolute atomic E-state index is 12.2. The highest BCUT2D eigenvalue weighted by Gasteiger charge is 2.12. The van der Waals surface area contributed by atoms with Crippen LogP contribution in [0.3, 0.4) is 0 Å². The minimum Gasteiger partial charge on any atom is -0.398 e. The first-order valence-corrected chi connectivity index (χ1v) is 7.25. The molecule has 0 atom stereocenters. The second-order valence-electron chi connectivity index (χ2n) is 3.81. The van der Waals surface area contributed by atoms with Crippen molar-refractivity contribution in [2.75, 3.05) is 11.1 Å². The van der Waals surface area contributed by atoms with E-state index in [1.807, 2.05) is 0 Å². The molecule has 3 N–H and O–H groups in total. The number of nitrogens with two attached hydrogens (primary N) is 1. The van der Waals surface area contributed by atoms with E-state index in [2.05, 4.69) is 37.2 Å². The van der Waals surface area contributed by atoms with E-state index in [0.717, 1.165) is 8.95 Å². The van der Waals surface area contributed by atoms with Crippen molar-refractivity contribution in [3.63, 3.8) is 0 Å². The van der Waals surface area contributed by atoms with Gasteiger partial charge >= 0.3 is 0 Å². The molecular weight excluding hydrogens is 395 g/mol. The SMILES string of the molecule is Nc1ccc(Br)cc1C(=O)Nc1cc(Br)ccc1Cl. The van der Waals surface area contributed by atoms with Crippen LogP contribution >= 0.6 is 43.5 Å². The maximum Gasteiger partial charge on any atom is 0.257 e. The van der Waals surface area contributed by atoms with Gasteiger partial charge in [0.05, 0.1) is 16.3 Å². The third-order valence-corrected chi connectivity index (χ3v) is 3.75. The van der Waals surface area contributed by atoms with Gasteiger partial charge in [0.15, 0.2) is 0 Å². The summed E-state index contributed by atoms with van der Waals surface area (Å²) in [6.07, 6.45) is 0. The zero-order valence-electron chi connectivity index (χ0n) is 9.58. The van der Waals surface area contributed by atoms with Crippen LogP contribution in [0.2, 0.25) is 5.02 Å². The monoisotopic (exact) mass is 402 g/mol. The summed E-state index contributed by atoms with van der Waals surface area (Å²) in [5.74, 6) is -0.307. The van der Waals surface area contributed by atoms with Gasteiger partial charge in [0, 0.05) is 14.6 Å². The molecule has 0 aromatic heterocycles. The molecule has 19 heavy (non-hydrogen) atoms. The molecule has 6 heteroatoms. The van der Waals surface area contributed by atoms with Gasteiger partial charge in [-0.15, -0.1) is 0 Å². The van der Waals surface area contributed by atoms with E-state index in [1.165, 1.54) is 0 Å². The zero-order valence-corrected chi connectivity index (χ0v) is 13.5. The van der Waals surface area contributed by atoms with E-state index in [9.17, 15) is 4.79 Å². The predicted octanol–water partition coefficient (Wildman–Crippen LogP) is 4.70. The number of nitrogens with one attached hydrogen (secondary N) is 1. The lowest BCUT2D eigenvalue weighted by Crippen LogP contribution is -2.14. The average Bonchev–Trinajstić information content (AvgIpc) is 2.36. The number of nitrogen functional groups attached to an aromatic ring is 1. The molecule has 0 saturated carbocycles. The molecule has 98 valence electrons. The molecule has 0 spiro atoms. The summed E-state index contributed by atoms with van der Waals surface area (Å²) in [4.78, 5) is 12.2. The Balaban J connectivity index is 2.30. The topological polar surface area (TPSA) is 55.1 Å². The minimum absolute atomic E-state index is 0.307. The van der Waals surface area contributed by atoms with Crippen molar-refractivity contribution < 1.29 is 4.79 Å². The van der Waals surface area contributed by atoms with Crippen LogP contribution in [0.1, 0.15) is 10.4 Å². The van der Waals surface area contributed by atoms with Gasteiger partial charge in [-0.1, -0.05) is 43.5 Å². The summed E-state index contributed by atoms with van der Waals surface area (Å²) in [5, 5.41) is 3.20. The van der Waals surface area contributed by atoms with Crippen molar-refractivity contribution >= 4 is 60.7 Å². The van der Waals surface area contributed by atoms with Gasteiger partial charge in [-0.3, -0.25) is 4.79 Å². The number of carbonyl (C=O) groups is 1.